The number of halogens is 3. The molecular formula is C21H22Cl2FN5O2. The van der Waals surface area contributed by atoms with Gasteiger partial charge in [0.1, 0.15) is 11.9 Å². The minimum absolute atomic E-state index is 0.0836. The molecule has 10 heteroatoms. The highest BCUT2D eigenvalue weighted by Gasteiger charge is 2.28. The summed E-state index contributed by atoms with van der Waals surface area (Å²) in [5, 5.41) is 13.7. The fourth-order valence-corrected chi connectivity index (χ4v) is 4.27. The van der Waals surface area contributed by atoms with Crippen molar-refractivity contribution in [3.05, 3.63) is 58.2 Å². The topological polar surface area (TPSA) is 89.4 Å². The number of anilines is 1. The Morgan fingerprint density at radius 2 is 2.06 bits per heavy atom. The van der Waals surface area contributed by atoms with Gasteiger partial charge in [0.05, 0.1) is 23.9 Å². The molecule has 1 aliphatic heterocycles. The average Bonchev–Trinajstić information content (AvgIpc) is 3.19. The molecule has 1 aromatic carbocycles. The molecule has 0 aliphatic carbocycles. The molecule has 31 heavy (non-hydrogen) atoms. The maximum absolute atomic E-state index is 13.9. The Kier molecular flexibility index (Phi) is 6.34. The van der Waals surface area contributed by atoms with Crippen molar-refractivity contribution < 1.29 is 14.2 Å². The normalized spacial score (nSPS) is 15.6. The number of likely N-dealkylation sites (tertiary alicyclic amines) is 1. The average molecular weight is 466 g/mol. The third-order valence-corrected chi connectivity index (χ3v) is 6.05. The van der Waals surface area contributed by atoms with Crippen LogP contribution in [0, 0.1) is 5.82 Å². The number of nitrogens with two attached hydrogens (primary N) is 1. The van der Waals surface area contributed by atoms with Crippen LogP contribution in [0.25, 0.3) is 11.1 Å². The molecule has 3 heterocycles. The zero-order valence-electron chi connectivity index (χ0n) is 16.8. The molecule has 164 valence electrons. The molecule has 0 bridgehead atoms. The highest BCUT2D eigenvalue weighted by atomic mass is 35.5. The first-order chi connectivity index (χ1) is 14.9. The first-order valence-corrected chi connectivity index (χ1v) is 10.6. The van der Waals surface area contributed by atoms with E-state index in [0.29, 0.717) is 22.9 Å². The van der Waals surface area contributed by atoms with E-state index in [0.717, 1.165) is 24.2 Å². The Hall–Kier alpha value is -2.39. The fraction of sp³-hybridized carbons (Fsp3) is 0.333. The highest BCUT2D eigenvalue weighted by Crippen LogP contribution is 2.37. The van der Waals surface area contributed by atoms with Gasteiger partial charge in [-0.2, -0.15) is 5.10 Å². The summed E-state index contributed by atoms with van der Waals surface area (Å²) in [6.07, 6.45) is 4.71. The van der Waals surface area contributed by atoms with Crippen molar-refractivity contribution in [2.45, 2.75) is 19.1 Å². The summed E-state index contributed by atoms with van der Waals surface area (Å²) in [7, 11) is 0. The van der Waals surface area contributed by atoms with Crippen molar-refractivity contribution in [2.24, 2.45) is 0 Å². The van der Waals surface area contributed by atoms with Crippen LogP contribution in [0.15, 0.2) is 36.8 Å². The molecule has 2 aromatic heterocycles. The second-order valence-electron chi connectivity index (χ2n) is 7.47. The van der Waals surface area contributed by atoms with Crippen LogP contribution >= 0.6 is 23.2 Å². The number of rotatable bonds is 7. The molecule has 0 saturated carbocycles. The quantitative estimate of drug-likeness (QED) is 0.513. The minimum atomic E-state index is -0.648. The van der Waals surface area contributed by atoms with Crippen molar-refractivity contribution in [1.29, 1.82) is 0 Å². The second-order valence-corrected chi connectivity index (χ2v) is 8.26. The first kappa shape index (κ1) is 21.8. The molecule has 0 radical (unpaired) electrons. The number of benzene rings is 1. The van der Waals surface area contributed by atoms with Crippen LogP contribution in [-0.4, -0.2) is 51.0 Å². The zero-order valence-corrected chi connectivity index (χ0v) is 18.3. The van der Waals surface area contributed by atoms with Crippen LogP contribution in [0.4, 0.5) is 10.2 Å². The molecule has 3 aromatic rings. The molecule has 7 nitrogen and oxygen atoms in total. The minimum Gasteiger partial charge on any atom is -0.482 e. The van der Waals surface area contributed by atoms with E-state index >= 15 is 0 Å². The van der Waals surface area contributed by atoms with Gasteiger partial charge < -0.3 is 15.6 Å². The van der Waals surface area contributed by atoms with Crippen LogP contribution in [0.3, 0.4) is 0 Å². The number of pyridine rings is 1. The Labute approximate surface area is 189 Å². The Morgan fingerprint density at radius 3 is 2.81 bits per heavy atom. The number of hydrogen-bond donors (Lipinski definition) is 2. The molecule has 1 aliphatic rings. The number of nitrogens with zero attached hydrogens (tertiary/aromatic N) is 4. The van der Waals surface area contributed by atoms with E-state index in [-0.39, 0.29) is 23.5 Å². The Balaban J connectivity index is 1.53. The lowest BCUT2D eigenvalue weighted by Gasteiger charge is -2.38. The smallest absolute Gasteiger partial charge is 0.166 e. The van der Waals surface area contributed by atoms with Gasteiger partial charge in [0.15, 0.2) is 11.6 Å². The van der Waals surface area contributed by atoms with Gasteiger partial charge in [0, 0.05) is 53.7 Å². The van der Waals surface area contributed by atoms with Crippen LogP contribution in [0.2, 0.25) is 10.0 Å². The van der Waals surface area contributed by atoms with E-state index in [2.05, 4.69) is 15.0 Å². The largest absolute Gasteiger partial charge is 0.482 e. The molecule has 0 amide bonds. The molecule has 1 saturated heterocycles. The predicted molar refractivity (Wildman–Crippen MR) is 118 cm³/mol. The van der Waals surface area contributed by atoms with Crippen LogP contribution in [0.5, 0.6) is 5.75 Å². The lowest BCUT2D eigenvalue weighted by Crippen LogP contribution is -2.48. The lowest BCUT2D eigenvalue weighted by atomic mass is 10.1. The van der Waals surface area contributed by atoms with Crippen LogP contribution in [-0.2, 0) is 0 Å². The number of nitrogen functional groups attached to an aromatic ring is 1. The summed E-state index contributed by atoms with van der Waals surface area (Å²) in [4.78, 5) is 6.39. The maximum atomic E-state index is 13.9. The number of β-amino-alcohol motifs (C(OH)–C–C–N with tert-alkyl or cyclic N) is 1. The third-order valence-electron chi connectivity index (χ3n) is 5.33. The third kappa shape index (κ3) is 4.48. The van der Waals surface area contributed by atoms with Crippen molar-refractivity contribution in [2.75, 3.05) is 32.0 Å². The summed E-state index contributed by atoms with van der Waals surface area (Å²) >= 11 is 12.3. The lowest BCUT2D eigenvalue weighted by molar-refractivity contribution is 0.0774. The molecular weight excluding hydrogens is 444 g/mol. The fourth-order valence-electron chi connectivity index (χ4n) is 3.59. The van der Waals surface area contributed by atoms with Gasteiger partial charge in [-0.15, -0.1) is 0 Å². The predicted octanol–water partition coefficient (Wildman–Crippen LogP) is 3.96. The number of aromatic nitrogens is 3. The summed E-state index contributed by atoms with van der Waals surface area (Å²) in [6, 6.07) is 4.68. The van der Waals surface area contributed by atoms with Crippen molar-refractivity contribution in [3.8, 4) is 16.9 Å². The maximum Gasteiger partial charge on any atom is 0.166 e. The standard InChI is InChI=1S/C21H22Cl2FN5O2/c1-12(19-16(22)2-3-17(24)20(19)23)31-18-6-13(7-26-21(18)25)14-8-27-29(9-14)15-10-28(11-15)4-5-30/h2-3,6-9,12,15,30H,4-5,10-11H2,1H3,(H2,25,26). The highest BCUT2D eigenvalue weighted by molar-refractivity contribution is 6.36. The van der Waals surface area contributed by atoms with Gasteiger partial charge in [-0.3, -0.25) is 9.58 Å². The van der Waals surface area contributed by atoms with Gasteiger partial charge in [-0.25, -0.2) is 9.37 Å². The van der Waals surface area contributed by atoms with Gasteiger partial charge >= 0.3 is 0 Å². The van der Waals surface area contributed by atoms with Gasteiger partial charge in [-0.1, -0.05) is 23.2 Å². The molecule has 4 rings (SSSR count). The van der Waals surface area contributed by atoms with E-state index in [4.69, 9.17) is 38.8 Å². The number of aliphatic hydroxyl groups excluding tert-OH is 1. The SMILES string of the molecule is CC(Oc1cc(-c2cnn(C3CN(CCO)C3)c2)cnc1N)c1c(Cl)ccc(F)c1Cl. The van der Waals surface area contributed by atoms with Crippen molar-refractivity contribution >= 4 is 29.0 Å². The van der Waals surface area contributed by atoms with E-state index < -0.39 is 11.9 Å². The van der Waals surface area contributed by atoms with Crippen molar-refractivity contribution in [1.82, 2.24) is 19.7 Å². The van der Waals surface area contributed by atoms with Crippen LogP contribution in [0.1, 0.15) is 24.6 Å². The molecule has 0 spiro atoms. The number of aliphatic hydroxyl groups is 1. The summed E-state index contributed by atoms with van der Waals surface area (Å²) in [6.45, 7) is 4.24. The zero-order chi connectivity index (χ0) is 22.1. The van der Waals surface area contributed by atoms with Gasteiger partial charge in [0.2, 0.25) is 0 Å². The van der Waals surface area contributed by atoms with E-state index in [1.807, 2.05) is 10.9 Å². The summed E-state index contributed by atoms with van der Waals surface area (Å²) in [5.74, 6) is -0.0329. The van der Waals surface area contributed by atoms with Gasteiger partial charge in [-0.05, 0) is 25.1 Å². The summed E-state index contributed by atoms with van der Waals surface area (Å²) < 4.78 is 21.8. The Morgan fingerprint density at radius 1 is 1.29 bits per heavy atom. The second kappa shape index (κ2) is 9.00. The Bertz CT molecular complexity index is 1090. The number of hydrogen-bond acceptors (Lipinski definition) is 6. The summed E-state index contributed by atoms with van der Waals surface area (Å²) in [5.41, 5.74) is 8.00. The molecule has 3 N–H and O–H groups in total. The van der Waals surface area contributed by atoms with E-state index in [1.54, 1.807) is 25.4 Å². The van der Waals surface area contributed by atoms with Crippen molar-refractivity contribution in [3.63, 3.8) is 0 Å². The van der Waals surface area contributed by atoms with E-state index in [1.165, 1.54) is 12.1 Å². The monoisotopic (exact) mass is 465 g/mol. The van der Waals surface area contributed by atoms with E-state index in [9.17, 15) is 4.39 Å². The number of ether oxygens (including phenoxy) is 1. The molecule has 1 atom stereocenters. The molecule has 1 unspecified atom stereocenters. The molecule has 1 fully saturated rings. The van der Waals surface area contributed by atoms with Crippen LogP contribution < -0.4 is 10.5 Å². The first-order valence-electron chi connectivity index (χ1n) is 9.80. The van der Waals surface area contributed by atoms with Gasteiger partial charge in [0.25, 0.3) is 0 Å².